The van der Waals surface area contributed by atoms with Gasteiger partial charge in [-0.05, 0) is 76.8 Å². The van der Waals surface area contributed by atoms with Crippen molar-refractivity contribution in [2.75, 3.05) is 30.3 Å². The van der Waals surface area contributed by atoms with Gasteiger partial charge in [0.2, 0.25) is 0 Å². The van der Waals surface area contributed by atoms with Gasteiger partial charge in [0.25, 0.3) is 0 Å². The van der Waals surface area contributed by atoms with Crippen molar-refractivity contribution in [1.29, 1.82) is 0 Å². The normalized spacial score (nSPS) is 16.7. The van der Waals surface area contributed by atoms with Crippen molar-refractivity contribution in [2.45, 2.75) is 46.1 Å². The monoisotopic (exact) mass is 445 g/mol. The van der Waals surface area contributed by atoms with E-state index in [2.05, 4.69) is 10.2 Å². The minimum atomic E-state index is -0.502. The molecule has 3 rings (SSSR count). The molecule has 1 atom stereocenters. The number of nitrogens with two attached hydrogens (primary N) is 1. The average molecular weight is 446 g/mol. The zero-order valence-corrected chi connectivity index (χ0v) is 19.5. The number of piperidine rings is 1. The Morgan fingerprint density at radius 3 is 2.77 bits per heavy atom. The van der Waals surface area contributed by atoms with Crippen LogP contribution in [0.25, 0.3) is 0 Å². The van der Waals surface area contributed by atoms with Gasteiger partial charge in [-0.1, -0.05) is 17.7 Å². The Labute approximate surface area is 189 Å². The van der Waals surface area contributed by atoms with E-state index in [-0.39, 0.29) is 6.09 Å². The number of carbonyl (C=O) groups is 1. The summed E-state index contributed by atoms with van der Waals surface area (Å²) in [6.45, 7) is 9.89. The third kappa shape index (κ3) is 6.44. The molecule has 1 fully saturated rings. The molecule has 6 nitrogen and oxygen atoms in total. The van der Waals surface area contributed by atoms with E-state index in [1.54, 1.807) is 6.07 Å². The fourth-order valence-corrected chi connectivity index (χ4v) is 4.05. The highest BCUT2D eigenvalue weighted by molar-refractivity contribution is 6.30. The van der Waals surface area contributed by atoms with Crippen LogP contribution in [0, 0.1) is 12.8 Å². The topological polar surface area (TPSA) is 76.8 Å². The number of amides is 1. The Morgan fingerprint density at radius 1 is 1.29 bits per heavy atom. The molecule has 0 spiro atoms. The fourth-order valence-electron chi connectivity index (χ4n) is 3.87. The first-order valence-corrected chi connectivity index (χ1v) is 11.0. The number of nitrogens with zero attached hydrogens (tertiary/aromatic N) is 1. The summed E-state index contributed by atoms with van der Waals surface area (Å²) >= 11 is 6.09. The van der Waals surface area contributed by atoms with E-state index in [1.807, 2.05) is 58.0 Å². The van der Waals surface area contributed by atoms with Crippen LogP contribution in [0.4, 0.5) is 16.2 Å². The van der Waals surface area contributed by atoms with Crippen molar-refractivity contribution >= 4 is 29.1 Å². The minimum Gasteiger partial charge on any atom is -0.457 e. The maximum absolute atomic E-state index is 12.0. The highest BCUT2D eigenvalue weighted by Crippen LogP contribution is 2.38. The molecule has 7 heteroatoms. The summed E-state index contributed by atoms with van der Waals surface area (Å²) in [4.78, 5) is 14.3. The molecule has 31 heavy (non-hydrogen) atoms. The molecule has 2 aromatic carbocycles. The zero-order chi connectivity index (χ0) is 22.6. The van der Waals surface area contributed by atoms with Crippen molar-refractivity contribution in [3.05, 3.63) is 47.0 Å². The molecule has 0 bridgehead atoms. The zero-order valence-electron chi connectivity index (χ0n) is 18.7. The van der Waals surface area contributed by atoms with Gasteiger partial charge in [0.1, 0.15) is 17.1 Å². The second-order valence-corrected chi connectivity index (χ2v) is 9.46. The van der Waals surface area contributed by atoms with Gasteiger partial charge >= 0.3 is 6.09 Å². The van der Waals surface area contributed by atoms with Crippen molar-refractivity contribution in [1.82, 2.24) is 5.32 Å². The van der Waals surface area contributed by atoms with Crippen LogP contribution in [0.15, 0.2) is 36.4 Å². The molecule has 0 radical (unpaired) electrons. The predicted octanol–water partition coefficient (Wildman–Crippen LogP) is 5.76. The number of hydrogen-bond donors (Lipinski definition) is 2. The van der Waals surface area contributed by atoms with Gasteiger partial charge in [0.15, 0.2) is 0 Å². The summed E-state index contributed by atoms with van der Waals surface area (Å²) in [5.41, 5.74) is 8.56. The second kappa shape index (κ2) is 9.69. The lowest BCUT2D eigenvalue weighted by Crippen LogP contribution is -2.42. The molecule has 0 unspecified atom stereocenters. The van der Waals surface area contributed by atoms with Crippen LogP contribution in [0.5, 0.6) is 11.5 Å². The van der Waals surface area contributed by atoms with Crippen LogP contribution in [0.3, 0.4) is 0 Å². The lowest BCUT2D eigenvalue weighted by molar-refractivity contribution is 0.0517. The molecule has 0 aromatic heterocycles. The summed E-state index contributed by atoms with van der Waals surface area (Å²) in [6.07, 6.45) is 1.69. The first kappa shape index (κ1) is 23.1. The lowest BCUT2D eigenvalue weighted by atomic mass is 9.96. The van der Waals surface area contributed by atoms with Crippen LogP contribution >= 0.6 is 11.6 Å². The number of hydrogen-bond acceptors (Lipinski definition) is 5. The summed E-state index contributed by atoms with van der Waals surface area (Å²) < 4.78 is 11.4. The summed E-state index contributed by atoms with van der Waals surface area (Å²) in [7, 11) is 0. The molecular weight excluding hydrogens is 414 g/mol. The van der Waals surface area contributed by atoms with Crippen LogP contribution in [0.1, 0.15) is 39.2 Å². The van der Waals surface area contributed by atoms with Gasteiger partial charge in [0.05, 0.1) is 11.4 Å². The van der Waals surface area contributed by atoms with E-state index < -0.39 is 5.60 Å². The van der Waals surface area contributed by atoms with E-state index >= 15 is 0 Å². The Bertz CT molecular complexity index is 927. The van der Waals surface area contributed by atoms with Crippen molar-refractivity contribution in [3.63, 3.8) is 0 Å². The number of carbonyl (C=O) groups excluding carboxylic acids is 1. The van der Waals surface area contributed by atoms with Gasteiger partial charge in [-0.3, -0.25) is 0 Å². The van der Waals surface area contributed by atoms with Gasteiger partial charge in [0, 0.05) is 30.2 Å². The van der Waals surface area contributed by atoms with E-state index in [0.29, 0.717) is 23.2 Å². The summed E-state index contributed by atoms with van der Waals surface area (Å²) in [6, 6.07) is 11.1. The van der Waals surface area contributed by atoms with Crippen molar-refractivity contribution < 1.29 is 14.3 Å². The van der Waals surface area contributed by atoms with Crippen molar-refractivity contribution in [2.24, 2.45) is 5.92 Å². The van der Waals surface area contributed by atoms with E-state index in [4.69, 9.17) is 26.8 Å². The predicted molar refractivity (Wildman–Crippen MR) is 126 cm³/mol. The molecule has 0 aliphatic carbocycles. The number of ether oxygens (including phenoxy) is 2. The molecule has 0 saturated carbocycles. The highest BCUT2D eigenvalue weighted by Gasteiger charge is 2.25. The molecule has 1 aliphatic heterocycles. The molecule has 3 N–H and O–H groups in total. The maximum Gasteiger partial charge on any atom is 0.407 e. The minimum absolute atomic E-state index is 0.317. The number of alkyl carbamates (subject to hydrolysis) is 1. The average Bonchev–Trinajstić information content (AvgIpc) is 2.68. The third-order valence-corrected chi connectivity index (χ3v) is 5.44. The van der Waals surface area contributed by atoms with Crippen LogP contribution in [-0.2, 0) is 4.74 Å². The Balaban J connectivity index is 1.70. The van der Waals surface area contributed by atoms with Gasteiger partial charge in [-0.25, -0.2) is 4.79 Å². The fraction of sp³-hybridized carbons (Fsp3) is 0.458. The first-order valence-electron chi connectivity index (χ1n) is 10.7. The smallest absolute Gasteiger partial charge is 0.407 e. The summed E-state index contributed by atoms with van der Waals surface area (Å²) in [5.74, 6) is 1.75. The first-order chi connectivity index (χ1) is 14.6. The number of nitrogen functional groups attached to an aromatic ring is 1. The largest absolute Gasteiger partial charge is 0.457 e. The molecule has 1 saturated heterocycles. The number of benzene rings is 2. The molecular formula is C24H32ClN3O3. The number of halogens is 1. The molecule has 2 aromatic rings. The molecule has 1 heterocycles. The molecule has 168 valence electrons. The van der Waals surface area contributed by atoms with Gasteiger partial charge < -0.3 is 25.4 Å². The van der Waals surface area contributed by atoms with Crippen LogP contribution in [0.2, 0.25) is 5.02 Å². The number of nitrogens with one attached hydrogen (secondary N) is 1. The number of rotatable bonds is 5. The van der Waals surface area contributed by atoms with Gasteiger partial charge in [-0.15, -0.1) is 0 Å². The highest BCUT2D eigenvalue weighted by atomic mass is 35.5. The SMILES string of the molecule is Cc1c(Oc2cccc(Cl)c2)ccc(N)c1N1CCC[C@@H](CNC(=O)OC(C)(C)C)C1. The maximum atomic E-state index is 12.0. The lowest BCUT2D eigenvalue weighted by Gasteiger charge is -2.36. The van der Waals surface area contributed by atoms with Crippen molar-refractivity contribution in [3.8, 4) is 11.5 Å². The van der Waals surface area contributed by atoms with Crippen LogP contribution < -0.4 is 20.7 Å². The Morgan fingerprint density at radius 2 is 2.06 bits per heavy atom. The van der Waals surface area contributed by atoms with E-state index in [1.165, 1.54) is 0 Å². The van der Waals surface area contributed by atoms with Crippen LogP contribution in [-0.4, -0.2) is 31.3 Å². The Hall–Kier alpha value is -2.60. The van der Waals surface area contributed by atoms with E-state index in [9.17, 15) is 4.79 Å². The second-order valence-electron chi connectivity index (χ2n) is 9.02. The quantitative estimate of drug-likeness (QED) is 0.572. The third-order valence-electron chi connectivity index (χ3n) is 5.21. The molecule has 1 aliphatic rings. The van der Waals surface area contributed by atoms with E-state index in [0.717, 1.165) is 48.6 Å². The Kier molecular flexibility index (Phi) is 7.21. The molecule has 1 amide bonds. The van der Waals surface area contributed by atoms with Gasteiger partial charge in [-0.2, -0.15) is 0 Å². The summed E-state index contributed by atoms with van der Waals surface area (Å²) in [5, 5.41) is 3.53. The number of anilines is 2. The standard InChI is InChI=1S/C24H32ClN3O3/c1-16-21(30-19-9-5-8-18(25)13-19)11-10-20(26)22(16)28-12-6-7-17(15-28)14-27-23(29)31-24(2,3)4/h5,8-11,13,17H,6-7,12,14-15,26H2,1-4H3,(H,27,29)/t17-/m0/s1.